The number of ether oxygens (including phenoxy) is 1. The van der Waals surface area contributed by atoms with Crippen molar-refractivity contribution in [2.45, 2.75) is 6.92 Å². The van der Waals surface area contributed by atoms with Gasteiger partial charge in [0.15, 0.2) is 6.61 Å². The van der Waals surface area contributed by atoms with Gasteiger partial charge < -0.3 is 4.74 Å². The number of nitrogens with two attached hydrogens (primary N) is 1. The first kappa shape index (κ1) is 23.2. The van der Waals surface area contributed by atoms with E-state index in [2.05, 4.69) is 5.43 Å². The van der Waals surface area contributed by atoms with Gasteiger partial charge in [-0.2, -0.15) is 0 Å². The summed E-state index contributed by atoms with van der Waals surface area (Å²) in [7, 11) is 0. The Morgan fingerprint density at radius 3 is 2.28 bits per heavy atom. The highest BCUT2D eigenvalue weighted by atomic mass is 19.1. The van der Waals surface area contributed by atoms with Gasteiger partial charge in [-0.15, -0.1) is 0 Å². The van der Waals surface area contributed by atoms with Crippen molar-refractivity contribution in [1.29, 1.82) is 0 Å². The monoisotopic (exact) mass is 482 g/mol. The molecule has 8 heteroatoms. The maximum atomic E-state index is 13.6. The second kappa shape index (κ2) is 9.59. The third-order valence-corrected chi connectivity index (χ3v) is 6.01. The number of nitrogens with zero attached hydrogens (tertiary/aromatic N) is 2. The molecule has 180 valence electrons. The zero-order valence-electron chi connectivity index (χ0n) is 19.5. The molecule has 7 nitrogen and oxygen atoms in total. The van der Waals surface area contributed by atoms with Gasteiger partial charge >= 0.3 is 0 Å². The zero-order chi connectivity index (χ0) is 25.2. The van der Waals surface area contributed by atoms with Gasteiger partial charge in [-0.25, -0.2) is 15.2 Å². The molecule has 0 atom stereocenters. The molecule has 0 saturated heterocycles. The van der Waals surface area contributed by atoms with Crippen molar-refractivity contribution in [3.63, 3.8) is 0 Å². The van der Waals surface area contributed by atoms with E-state index in [0.29, 0.717) is 22.8 Å². The van der Waals surface area contributed by atoms with Gasteiger partial charge in [-0.05, 0) is 72.6 Å². The van der Waals surface area contributed by atoms with E-state index in [1.165, 1.54) is 17.0 Å². The normalized spacial score (nSPS) is 12.6. The van der Waals surface area contributed by atoms with Crippen LogP contribution in [0.4, 0.5) is 10.1 Å². The fraction of sp³-hybridized carbons (Fsp3) is 0.107. The van der Waals surface area contributed by atoms with Crippen LogP contribution < -0.4 is 20.9 Å². The van der Waals surface area contributed by atoms with Gasteiger partial charge in [-0.3, -0.25) is 19.9 Å². The lowest BCUT2D eigenvalue weighted by atomic mass is 9.99. The smallest absolute Gasteiger partial charge is 0.265 e. The molecule has 0 unspecified atom stereocenters. The third kappa shape index (κ3) is 4.67. The van der Waals surface area contributed by atoms with E-state index in [9.17, 15) is 14.0 Å². The van der Waals surface area contributed by atoms with E-state index in [4.69, 9.17) is 15.6 Å². The molecule has 3 aromatic carbocycles. The van der Waals surface area contributed by atoms with Gasteiger partial charge in [0.1, 0.15) is 18.1 Å². The van der Waals surface area contributed by atoms with Crippen LogP contribution in [-0.4, -0.2) is 29.9 Å². The molecule has 2 amide bonds. The highest BCUT2D eigenvalue weighted by molar-refractivity contribution is 6.02. The second-order valence-corrected chi connectivity index (χ2v) is 8.52. The van der Waals surface area contributed by atoms with Crippen LogP contribution in [0.5, 0.6) is 5.75 Å². The summed E-state index contributed by atoms with van der Waals surface area (Å²) in [5, 5.41) is 0. The minimum absolute atomic E-state index is 0.167. The quantitative estimate of drug-likeness (QED) is 0.252. The molecule has 0 spiro atoms. The first-order valence-corrected chi connectivity index (χ1v) is 11.3. The van der Waals surface area contributed by atoms with Crippen molar-refractivity contribution in [3.8, 4) is 39.4 Å². The number of halogens is 1. The Bertz CT molecular complexity index is 1390. The summed E-state index contributed by atoms with van der Waals surface area (Å²) >= 11 is 0. The van der Waals surface area contributed by atoms with Crippen LogP contribution in [0.1, 0.15) is 5.56 Å². The van der Waals surface area contributed by atoms with Crippen LogP contribution in [-0.2, 0) is 9.59 Å². The number of amides is 2. The Hall–Kier alpha value is -4.56. The van der Waals surface area contributed by atoms with Crippen molar-refractivity contribution in [2.24, 2.45) is 5.84 Å². The lowest BCUT2D eigenvalue weighted by molar-refractivity contribution is -0.125. The average molecular weight is 483 g/mol. The molecular weight excluding hydrogens is 459 g/mol. The fourth-order valence-electron chi connectivity index (χ4n) is 4.08. The number of benzene rings is 3. The summed E-state index contributed by atoms with van der Waals surface area (Å²) in [5.41, 5.74) is 8.41. The van der Waals surface area contributed by atoms with E-state index in [-0.39, 0.29) is 24.9 Å². The first-order chi connectivity index (χ1) is 17.4. The molecule has 1 aliphatic rings. The van der Waals surface area contributed by atoms with E-state index in [1.54, 1.807) is 24.3 Å². The van der Waals surface area contributed by atoms with Crippen molar-refractivity contribution in [1.82, 2.24) is 10.4 Å². The lowest BCUT2D eigenvalue weighted by Crippen LogP contribution is -2.46. The average Bonchev–Trinajstić information content (AvgIpc) is 2.90. The van der Waals surface area contributed by atoms with E-state index in [1.807, 2.05) is 49.4 Å². The topological polar surface area (TPSA) is 97.5 Å². The molecule has 1 aliphatic heterocycles. The molecule has 36 heavy (non-hydrogen) atoms. The number of rotatable bonds is 5. The number of hydrogen-bond donors (Lipinski definition) is 2. The summed E-state index contributed by atoms with van der Waals surface area (Å²) < 4.78 is 19.1. The molecule has 0 radical (unpaired) electrons. The van der Waals surface area contributed by atoms with Gasteiger partial charge in [0.2, 0.25) is 0 Å². The van der Waals surface area contributed by atoms with Crippen molar-refractivity contribution >= 4 is 17.5 Å². The molecule has 5 rings (SSSR count). The van der Waals surface area contributed by atoms with Crippen molar-refractivity contribution < 1.29 is 18.7 Å². The molecular formula is C28H23FN4O3. The Labute approximate surface area is 207 Å². The lowest BCUT2D eigenvalue weighted by Gasteiger charge is -2.29. The predicted octanol–water partition coefficient (Wildman–Crippen LogP) is 4.25. The largest absolute Gasteiger partial charge is 0.482 e. The van der Waals surface area contributed by atoms with Crippen LogP contribution in [0, 0.1) is 12.7 Å². The molecule has 0 bridgehead atoms. The number of pyridine rings is 1. The maximum Gasteiger partial charge on any atom is 0.265 e. The van der Waals surface area contributed by atoms with Gasteiger partial charge in [0, 0.05) is 11.1 Å². The fourth-order valence-corrected chi connectivity index (χ4v) is 4.08. The van der Waals surface area contributed by atoms with Crippen molar-refractivity contribution in [2.75, 3.05) is 18.1 Å². The summed E-state index contributed by atoms with van der Waals surface area (Å²) in [6.07, 6.45) is 0. The molecule has 4 aromatic rings. The number of nitrogens with one attached hydrogen (secondary N) is 1. The number of carbonyl (C=O) groups excluding carboxylic acids is 2. The first-order valence-electron chi connectivity index (χ1n) is 11.3. The Morgan fingerprint density at radius 2 is 1.58 bits per heavy atom. The van der Waals surface area contributed by atoms with Crippen LogP contribution in [0.3, 0.4) is 0 Å². The number of hydrogen-bond acceptors (Lipinski definition) is 5. The van der Waals surface area contributed by atoms with Crippen LogP contribution in [0.25, 0.3) is 33.6 Å². The van der Waals surface area contributed by atoms with Gasteiger partial charge in [-0.1, -0.05) is 29.8 Å². The Kier molecular flexibility index (Phi) is 6.18. The van der Waals surface area contributed by atoms with Gasteiger partial charge in [0.25, 0.3) is 11.8 Å². The number of aromatic nitrogens is 1. The van der Waals surface area contributed by atoms with E-state index in [0.717, 1.165) is 27.8 Å². The van der Waals surface area contributed by atoms with Crippen LogP contribution >= 0.6 is 0 Å². The molecule has 0 fully saturated rings. The molecule has 0 saturated carbocycles. The molecule has 3 N–H and O–H groups in total. The third-order valence-electron chi connectivity index (χ3n) is 6.01. The number of aryl methyl sites for hydroxylation is 1. The number of fused-ring (bicyclic) bond motifs is 1. The molecule has 1 aromatic heterocycles. The molecule has 0 aliphatic carbocycles. The van der Waals surface area contributed by atoms with Crippen LogP contribution in [0.15, 0.2) is 78.9 Å². The summed E-state index contributed by atoms with van der Waals surface area (Å²) in [6.45, 7) is 1.63. The molecule has 2 heterocycles. The SMILES string of the molecule is Cc1ccc(-c2cc(-c3ccc(F)cc3)nc(-c3ccc4c(c3)N(CC(=O)NN)C(=O)CO4)c2)cc1. The van der Waals surface area contributed by atoms with Gasteiger partial charge in [0.05, 0.1) is 17.1 Å². The number of carbonyl (C=O) groups is 2. The zero-order valence-corrected chi connectivity index (χ0v) is 19.5. The van der Waals surface area contributed by atoms with Crippen molar-refractivity contribution in [3.05, 3.63) is 90.2 Å². The summed E-state index contributed by atoms with van der Waals surface area (Å²) in [4.78, 5) is 30.6. The highest BCUT2D eigenvalue weighted by Crippen LogP contribution is 2.37. The number of anilines is 1. The van der Waals surface area contributed by atoms with Crippen LogP contribution in [0.2, 0.25) is 0 Å². The Balaban J connectivity index is 1.64. The maximum absolute atomic E-state index is 13.6. The highest BCUT2D eigenvalue weighted by Gasteiger charge is 2.28. The second-order valence-electron chi connectivity index (χ2n) is 8.52. The summed E-state index contributed by atoms with van der Waals surface area (Å²) in [5.74, 6) is 4.54. The van der Waals surface area contributed by atoms with E-state index >= 15 is 0 Å². The number of hydrazine groups is 1. The van der Waals surface area contributed by atoms with E-state index < -0.39 is 5.91 Å². The predicted molar refractivity (Wildman–Crippen MR) is 135 cm³/mol. The minimum atomic E-state index is -0.500. The Morgan fingerprint density at radius 1 is 0.944 bits per heavy atom. The standard InChI is InChI=1S/C28H23FN4O3/c1-17-2-4-18(5-3-17)21-12-23(19-6-9-22(29)10-7-19)31-24(13-21)20-8-11-26-25(14-20)33(15-27(34)32-30)28(35)16-36-26/h2-14H,15-16,30H2,1H3,(H,32,34). The summed E-state index contributed by atoms with van der Waals surface area (Å²) in [6, 6.07) is 23.6. The minimum Gasteiger partial charge on any atom is -0.482 e.